The second kappa shape index (κ2) is 7.82. The van der Waals surface area contributed by atoms with Crippen LogP contribution in [0.25, 0.3) is 0 Å². The first kappa shape index (κ1) is 17.1. The third kappa shape index (κ3) is 4.85. The molecule has 1 N–H and O–H groups in total. The predicted octanol–water partition coefficient (Wildman–Crippen LogP) is 4.09. The maximum absolute atomic E-state index is 12.4. The first-order valence-corrected chi connectivity index (χ1v) is 8.06. The first-order chi connectivity index (χ1) is 11.0. The molecule has 2 aromatic carbocycles. The molecule has 3 heteroatoms. The van der Waals surface area contributed by atoms with Gasteiger partial charge < -0.3 is 10.1 Å². The standard InChI is InChI=1S/C20H25NO2/c1-5-18(23-19-12-15(3)9-10-16(19)4)20(22)21-13-17-8-6-7-14(2)11-17/h6-12,18H,5,13H2,1-4H3,(H,21,22)/t18-/m1/s1. The number of hydrogen-bond acceptors (Lipinski definition) is 2. The van der Waals surface area contributed by atoms with Crippen LogP contribution in [0.15, 0.2) is 42.5 Å². The zero-order chi connectivity index (χ0) is 16.8. The van der Waals surface area contributed by atoms with E-state index in [0.29, 0.717) is 13.0 Å². The lowest BCUT2D eigenvalue weighted by Gasteiger charge is -2.19. The Morgan fingerprint density at radius 3 is 2.52 bits per heavy atom. The molecule has 0 saturated heterocycles. The Morgan fingerprint density at radius 2 is 1.83 bits per heavy atom. The SMILES string of the molecule is CC[C@@H](Oc1cc(C)ccc1C)C(=O)NCc1cccc(C)c1. The summed E-state index contributed by atoms with van der Waals surface area (Å²) >= 11 is 0. The van der Waals surface area contributed by atoms with Crippen molar-refractivity contribution in [2.45, 2.75) is 46.8 Å². The monoisotopic (exact) mass is 311 g/mol. The third-order valence-electron chi connectivity index (χ3n) is 3.83. The zero-order valence-electron chi connectivity index (χ0n) is 14.3. The summed E-state index contributed by atoms with van der Waals surface area (Å²) in [5.74, 6) is 0.706. The maximum Gasteiger partial charge on any atom is 0.261 e. The van der Waals surface area contributed by atoms with Crippen molar-refractivity contribution in [1.29, 1.82) is 0 Å². The van der Waals surface area contributed by atoms with Crippen molar-refractivity contribution in [2.75, 3.05) is 0 Å². The van der Waals surface area contributed by atoms with Gasteiger partial charge in [-0.2, -0.15) is 0 Å². The van der Waals surface area contributed by atoms with Crippen LogP contribution in [0.4, 0.5) is 0 Å². The average molecular weight is 311 g/mol. The molecule has 0 aliphatic heterocycles. The van der Waals surface area contributed by atoms with Crippen LogP contribution < -0.4 is 10.1 Å². The number of benzene rings is 2. The minimum atomic E-state index is -0.472. The molecule has 0 aromatic heterocycles. The molecule has 1 amide bonds. The maximum atomic E-state index is 12.4. The summed E-state index contributed by atoms with van der Waals surface area (Å²) < 4.78 is 5.94. The number of carbonyl (C=O) groups excluding carboxylic acids is 1. The van der Waals surface area contributed by atoms with Crippen molar-refractivity contribution >= 4 is 5.91 Å². The van der Waals surface area contributed by atoms with E-state index in [9.17, 15) is 4.79 Å². The minimum absolute atomic E-state index is 0.0742. The van der Waals surface area contributed by atoms with Crippen LogP contribution in [0, 0.1) is 20.8 Å². The van der Waals surface area contributed by atoms with Gasteiger partial charge in [0.15, 0.2) is 6.10 Å². The number of aryl methyl sites for hydroxylation is 3. The first-order valence-electron chi connectivity index (χ1n) is 8.06. The van der Waals surface area contributed by atoms with Gasteiger partial charge in [0.05, 0.1) is 0 Å². The smallest absolute Gasteiger partial charge is 0.261 e. The number of amides is 1. The summed E-state index contributed by atoms with van der Waals surface area (Å²) in [4.78, 5) is 12.4. The van der Waals surface area contributed by atoms with Gasteiger partial charge in [-0.25, -0.2) is 0 Å². The molecule has 0 saturated carbocycles. The van der Waals surface area contributed by atoms with E-state index in [4.69, 9.17) is 4.74 Å². The molecule has 0 bridgehead atoms. The van der Waals surface area contributed by atoms with Crippen molar-refractivity contribution in [3.05, 3.63) is 64.7 Å². The number of rotatable bonds is 6. The van der Waals surface area contributed by atoms with Crippen LogP contribution in [0.5, 0.6) is 5.75 Å². The normalized spacial score (nSPS) is 11.8. The molecule has 0 radical (unpaired) electrons. The number of hydrogen-bond donors (Lipinski definition) is 1. The lowest BCUT2D eigenvalue weighted by atomic mass is 10.1. The summed E-state index contributed by atoms with van der Waals surface area (Å²) in [6, 6.07) is 14.2. The van der Waals surface area contributed by atoms with Gasteiger partial charge in [-0.3, -0.25) is 4.79 Å². The summed E-state index contributed by atoms with van der Waals surface area (Å²) in [6.45, 7) is 8.54. The molecule has 0 aliphatic carbocycles. The molecule has 122 valence electrons. The van der Waals surface area contributed by atoms with Crippen LogP contribution in [-0.4, -0.2) is 12.0 Å². The molecule has 2 rings (SSSR count). The molecule has 0 unspecified atom stereocenters. The van der Waals surface area contributed by atoms with E-state index < -0.39 is 6.10 Å². The van der Waals surface area contributed by atoms with Gasteiger partial charge in [0.2, 0.25) is 0 Å². The van der Waals surface area contributed by atoms with E-state index in [-0.39, 0.29) is 5.91 Å². The van der Waals surface area contributed by atoms with Gasteiger partial charge in [0.1, 0.15) is 5.75 Å². The van der Waals surface area contributed by atoms with Gasteiger partial charge in [-0.15, -0.1) is 0 Å². The average Bonchev–Trinajstić information content (AvgIpc) is 2.53. The fourth-order valence-corrected chi connectivity index (χ4v) is 2.43. The van der Waals surface area contributed by atoms with Crippen LogP contribution in [0.1, 0.15) is 35.6 Å². The quantitative estimate of drug-likeness (QED) is 0.872. The Bertz CT molecular complexity index is 679. The molecule has 0 heterocycles. The predicted molar refractivity (Wildman–Crippen MR) is 93.6 cm³/mol. The Labute approximate surface area is 138 Å². The Kier molecular flexibility index (Phi) is 5.80. The van der Waals surface area contributed by atoms with Crippen molar-refractivity contribution in [2.24, 2.45) is 0 Å². The number of ether oxygens (including phenoxy) is 1. The van der Waals surface area contributed by atoms with Gasteiger partial charge >= 0.3 is 0 Å². The molecule has 2 aromatic rings. The highest BCUT2D eigenvalue weighted by Crippen LogP contribution is 2.21. The largest absolute Gasteiger partial charge is 0.480 e. The molecular formula is C20H25NO2. The van der Waals surface area contributed by atoms with Gasteiger partial charge in [0, 0.05) is 6.54 Å². The van der Waals surface area contributed by atoms with E-state index in [1.165, 1.54) is 5.56 Å². The summed E-state index contributed by atoms with van der Waals surface area (Å²) in [5, 5.41) is 2.97. The molecule has 3 nitrogen and oxygen atoms in total. The molecule has 0 spiro atoms. The fraction of sp³-hybridized carbons (Fsp3) is 0.350. The molecular weight excluding hydrogens is 286 g/mol. The Morgan fingerprint density at radius 1 is 1.09 bits per heavy atom. The van der Waals surface area contributed by atoms with Crippen molar-refractivity contribution in [1.82, 2.24) is 5.32 Å². The van der Waals surface area contributed by atoms with Gasteiger partial charge in [0.25, 0.3) is 5.91 Å². The molecule has 0 fully saturated rings. The molecule has 1 atom stereocenters. The molecule has 0 aliphatic rings. The lowest BCUT2D eigenvalue weighted by molar-refractivity contribution is -0.128. The van der Waals surface area contributed by atoms with E-state index in [0.717, 1.165) is 22.4 Å². The van der Waals surface area contributed by atoms with E-state index in [2.05, 4.69) is 11.4 Å². The Balaban J connectivity index is 1.99. The second-order valence-corrected chi connectivity index (χ2v) is 5.99. The highest BCUT2D eigenvalue weighted by molar-refractivity contribution is 5.81. The summed E-state index contributed by atoms with van der Waals surface area (Å²) in [6.07, 6.45) is 0.160. The van der Waals surface area contributed by atoms with E-state index in [1.54, 1.807) is 0 Å². The van der Waals surface area contributed by atoms with Crippen LogP contribution in [0.3, 0.4) is 0 Å². The van der Waals surface area contributed by atoms with E-state index >= 15 is 0 Å². The van der Waals surface area contributed by atoms with Crippen LogP contribution in [0.2, 0.25) is 0 Å². The van der Waals surface area contributed by atoms with Crippen molar-refractivity contribution in [3.8, 4) is 5.75 Å². The highest BCUT2D eigenvalue weighted by atomic mass is 16.5. The molecule has 23 heavy (non-hydrogen) atoms. The second-order valence-electron chi connectivity index (χ2n) is 5.99. The number of nitrogens with one attached hydrogen (secondary N) is 1. The van der Waals surface area contributed by atoms with Gasteiger partial charge in [-0.1, -0.05) is 48.9 Å². The topological polar surface area (TPSA) is 38.3 Å². The summed E-state index contributed by atoms with van der Waals surface area (Å²) in [5.41, 5.74) is 4.46. The Hall–Kier alpha value is -2.29. The van der Waals surface area contributed by atoms with Crippen LogP contribution in [-0.2, 0) is 11.3 Å². The zero-order valence-corrected chi connectivity index (χ0v) is 14.3. The fourth-order valence-electron chi connectivity index (χ4n) is 2.43. The van der Waals surface area contributed by atoms with Crippen LogP contribution >= 0.6 is 0 Å². The van der Waals surface area contributed by atoms with Crippen molar-refractivity contribution < 1.29 is 9.53 Å². The van der Waals surface area contributed by atoms with Crippen molar-refractivity contribution in [3.63, 3.8) is 0 Å². The minimum Gasteiger partial charge on any atom is -0.480 e. The van der Waals surface area contributed by atoms with E-state index in [1.807, 2.05) is 64.1 Å². The summed E-state index contributed by atoms with van der Waals surface area (Å²) in [7, 11) is 0. The number of carbonyl (C=O) groups is 1. The highest BCUT2D eigenvalue weighted by Gasteiger charge is 2.18. The van der Waals surface area contributed by atoms with Gasteiger partial charge in [-0.05, 0) is 49.9 Å². The third-order valence-corrected chi connectivity index (χ3v) is 3.83. The lowest BCUT2D eigenvalue weighted by Crippen LogP contribution is -2.37.